The summed E-state index contributed by atoms with van der Waals surface area (Å²) in [5, 5.41) is 16.7. The average Bonchev–Trinajstić information content (AvgIpc) is 3.24. The van der Waals surface area contributed by atoms with E-state index in [2.05, 4.69) is 21.4 Å². The van der Waals surface area contributed by atoms with Gasteiger partial charge < -0.3 is 10.2 Å². The molecule has 1 saturated heterocycles. The van der Waals surface area contributed by atoms with Crippen LogP contribution in [0.15, 0.2) is 48.5 Å². The van der Waals surface area contributed by atoms with Gasteiger partial charge in [0.2, 0.25) is 0 Å². The molecule has 0 spiro atoms. The predicted molar refractivity (Wildman–Crippen MR) is 121 cm³/mol. The Bertz CT molecular complexity index is 1160. The van der Waals surface area contributed by atoms with Crippen LogP contribution >= 0.6 is 0 Å². The molecule has 1 atom stereocenters. The number of aromatic nitrogens is 2. The van der Waals surface area contributed by atoms with E-state index in [9.17, 15) is 8.60 Å². The number of nitrogens with zero attached hydrogens (tertiary/aromatic N) is 5. The second kappa shape index (κ2) is 8.88. The lowest BCUT2D eigenvalue weighted by Gasteiger charge is -2.34. The molecule has 2 aromatic carbocycles. The molecular weight excluding hydrogens is 415 g/mol. The molecule has 1 unspecified atom stereocenters. The van der Waals surface area contributed by atoms with Gasteiger partial charge in [0, 0.05) is 56.8 Å². The molecule has 1 N–H and O–H groups in total. The van der Waals surface area contributed by atoms with Crippen LogP contribution in [0.4, 0.5) is 15.9 Å². The zero-order chi connectivity index (χ0) is 22.0. The van der Waals surface area contributed by atoms with Gasteiger partial charge >= 0.3 is 0 Å². The van der Waals surface area contributed by atoms with Crippen molar-refractivity contribution >= 4 is 22.5 Å². The van der Waals surface area contributed by atoms with E-state index in [1.165, 1.54) is 12.1 Å². The Balaban J connectivity index is 1.68. The third kappa shape index (κ3) is 4.31. The summed E-state index contributed by atoms with van der Waals surface area (Å²) < 4.78 is 29.7. The number of halogens is 1. The van der Waals surface area contributed by atoms with Crippen LogP contribution < -0.4 is 10.2 Å². The van der Waals surface area contributed by atoms with Gasteiger partial charge in [0.25, 0.3) is 0 Å². The molecule has 0 radical (unpaired) electrons. The number of anilines is 2. The largest absolute Gasteiger partial charge is 0.372 e. The first kappa shape index (κ1) is 21.0. The summed E-state index contributed by atoms with van der Waals surface area (Å²) in [4.78, 5) is 2.26. The molecule has 1 aliphatic rings. The van der Waals surface area contributed by atoms with E-state index in [1.54, 1.807) is 24.1 Å². The van der Waals surface area contributed by atoms with Crippen molar-refractivity contribution in [3.05, 3.63) is 59.9 Å². The van der Waals surface area contributed by atoms with Gasteiger partial charge in [-0.3, -0.25) is 0 Å². The fourth-order valence-corrected chi connectivity index (χ4v) is 4.37. The minimum Gasteiger partial charge on any atom is -0.372 e. The summed E-state index contributed by atoms with van der Waals surface area (Å²) in [6.07, 6.45) is 1.71. The number of hydrogen-bond donors (Lipinski definition) is 1. The van der Waals surface area contributed by atoms with Crippen LogP contribution in [0.5, 0.6) is 0 Å². The molecule has 1 aromatic heterocycles. The maximum Gasteiger partial charge on any atom is 0.148 e. The van der Waals surface area contributed by atoms with Crippen molar-refractivity contribution in [3.8, 4) is 23.0 Å². The highest BCUT2D eigenvalue weighted by Crippen LogP contribution is 2.29. The Morgan fingerprint density at radius 3 is 2.48 bits per heavy atom. The Morgan fingerprint density at radius 1 is 1.10 bits per heavy atom. The Hall–Kier alpha value is -3.22. The summed E-state index contributed by atoms with van der Waals surface area (Å²) in [6.45, 7) is 3.07. The molecule has 0 saturated carbocycles. The zero-order valence-corrected chi connectivity index (χ0v) is 18.2. The van der Waals surface area contributed by atoms with Crippen molar-refractivity contribution in [2.24, 2.45) is 0 Å². The summed E-state index contributed by atoms with van der Waals surface area (Å²) in [7, 11) is 0.831. The van der Waals surface area contributed by atoms with E-state index < -0.39 is 16.8 Å². The lowest BCUT2D eigenvalue weighted by Crippen LogP contribution is -2.46. The SMILES string of the molecule is CNc1cc(-c2ccc(C#N)c(F)c2)n(-c2cccc(N3CCN(S(C)=O)CC3)c2)n1. The van der Waals surface area contributed by atoms with E-state index in [0.717, 1.165) is 43.2 Å². The molecule has 7 nitrogen and oxygen atoms in total. The van der Waals surface area contributed by atoms with Gasteiger partial charge in [-0.2, -0.15) is 5.26 Å². The third-order valence-electron chi connectivity index (χ3n) is 5.39. The van der Waals surface area contributed by atoms with E-state index >= 15 is 0 Å². The van der Waals surface area contributed by atoms with Crippen molar-refractivity contribution in [1.29, 1.82) is 5.26 Å². The first-order valence-corrected chi connectivity index (χ1v) is 11.4. The Morgan fingerprint density at radius 2 is 1.84 bits per heavy atom. The van der Waals surface area contributed by atoms with Gasteiger partial charge in [0.15, 0.2) is 0 Å². The third-order valence-corrected chi connectivity index (χ3v) is 6.48. The van der Waals surface area contributed by atoms with Crippen molar-refractivity contribution < 1.29 is 8.60 Å². The summed E-state index contributed by atoms with van der Waals surface area (Å²) >= 11 is 0. The van der Waals surface area contributed by atoms with Gasteiger partial charge in [-0.15, -0.1) is 5.10 Å². The molecule has 0 bridgehead atoms. The second-order valence-electron chi connectivity index (χ2n) is 7.24. The van der Waals surface area contributed by atoms with Crippen LogP contribution in [0.1, 0.15) is 5.56 Å². The van der Waals surface area contributed by atoms with Gasteiger partial charge in [-0.25, -0.2) is 17.6 Å². The summed E-state index contributed by atoms with van der Waals surface area (Å²) in [5.74, 6) is 0.0999. The van der Waals surface area contributed by atoms with Crippen molar-refractivity contribution in [2.45, 2.75) is 0 Å². The normalized spacial score (nSPS) is 15.5. The van der Waals surface area contributed by atoms with Gasteiger partial charge in [0.1, 0.15) is 17.7 Å². The fraction of sp³-hybridized carbons (Fsp3) is 0.273. The number of piperazine rings is 1. The maximum atomic E-state index is 14.3. The molecule has 1 aliphatic heterocycles. The molecule has 31 heavy (non-hydrogen) atoms. The van der Waals surface area contributed by atoms with Crippen molar-refractivity contribution in [1.82, 2.24) is 14.1 Å². The van der Waals surface area contributed by atoms with Crippen LogP contribution in [0.25, 0.3) is 16.9 Å². The van der Waals surface area contributed by atoms with Crippen molar-refractivity contribution in [3.63, 3.8) is 0 Å². The van der Waals surface area contributed by atoms with E-state index in [4.69, 9.17) is 5.26 Å². The molecular formula is C22H23FN6OS. The molecule has 2 heterocycles. The second-order valence-corrected chi connectivity index (χ2v) is 8.61. The number of nitrogens with one attached hydrogen (secondary N) is 1. The van der Waals surface area contributed by atoms with E-state index in [1.807, 2.05) is 34.6 Å². The standard InChI is InChI=1S/C22H23FN6OS/c1-25-22-14-21(16-6-7-17(15-24)20(23)12-16)29(26-22)19-5-3-4-18(13-19)27-8-10-28(11-9-27)31(2)30/h3-7,12-14H,8-11H2,1-2H3,(H,25,26). The minimum atomic E-state index is -0.950. The quantitative estimate of drug-likeness (QED) is 0.663. The van der Waals surface area contributed by atoms with Gasteiger partial charge in [0.05, 0.1) is 27.9 Å². The van der Waals surface area contributed by atoms with E-state index in [-0.39, 0.29) is 5.56 Å². The Labute approximate surface area is 183 Å². The lowest BCUT2D eigenvalue weighted by molar-refractivity contribution is 0.412. The molecule has 1 fully saturated rings. The predicted octanol–water partition coefficient (Wildman–Crippen LogP) is 3.01. The number of benzene rings is 2. The minimum absolute atomic E-state index is 0.0119. The van der Waals surface area contributed by atoms with E-state index in [0.29, 0.717) is 11.4 Å². The first-order chi connectivity index (χ1) is 15.0. The molecule has 160 valence electrons. The van der Waals surface area contributed by atoms with Crippen LogP contribution in [0.3, 0.4) is 0 Å². The van der Waals surface area contributed by atoms with Crippen LogP contribution in [-0.4, -0.2) is 57.8 Å². The number of nitriles is 1. The molecule has 0 amide bonds. The van der Waals surface area contributed by atoms with Crippen LogP contribution in [0.2, 0.25) is 0 Å². The monoisotopic (exact) mass is 438 g/mol. The van der Waals surface area contributed by atoms with Crippen molar-refractivity contribution in [2.75, 3.05) is 49.7 Å². The first-order valence-electron chi connectivity index (χ1n) is 9.92. The number of hydrogen-bond acceptors (Lipinski definition) is 5. The van der Waals surface area contributed by atoms with Gasteiger partial charge in [-0.1, -0.05) is 12.1 Å². The van der Waals surface area contributed by atoms with Crippen LogP contribution in [-0.2, 0) is 11.0 Å². The molecule has 9 heteroatoms. The highest BCUT2D eigenvalue weighted by atomic mass is 32.2. The van der Waals surface area contributed by atoms with Gasteiger partial charge in [-0.05, 0) is 30.3 Å². The summed E-state index contributed by atoms with van der Waals surface area (Å²) in [5.41, 5.74) is 3.27. The number of rotatable bonds is 5. The maximum absolute atomic E-state index is 14.3. The average molecular weight is 439 g/mol. The highest BCUT2D eigenvalue weighted by molar-refractivity contribution is 7.81. The van der Waals surface area contributed by atoms with Crippen LogP contribution in [0, 0.1) is 17.1 Å². The zero-order valence-electron chi connectivity index (χ0n) is 17.4. The molecule has 0 aliphatic carbocycles. The smallest absolute Gasteiger partial charge is 0.148 e. The topological polar surface area (TPSA) is 77.2 Å². The highest BCUT2D eigenvalue weighted by Gasteiger charge is 2.20. The molecule has 3 aromatic rings. The molecule has 4 rings (SSSR count). The Kier molecular flexibility index (Phi) is 6.02. The summed E-state index contributed by atoms with van der Waals surface area (Å²) in [6, 6.07) is 16.3. The fourth-order valence-electron chi connectivity index (χ4n) is 3.70. The lowest BCUT2D eigenvalue weighted by atomic mass is 10.1.